The number of halogens is 1. The summed E-state index contributed by atoms with van der Waals surface area (Å²) in [6.45, 7) is 4.39. The van der Waals surface area contributed by atoms with E-state index in [9.17, 15) is 17.6 Å². The zero-order valence-electron chi connectivity index (χ0n) is 15.3. The summed E-state index contributed by atoms with van der Waals surface area (Å²) < 4.78 is 40.5. The Balaban J connectivity index is 2.05. The van der Waals surface area contributed by atoms with Crippen LogP contribution in [-0.4, -0.2) is 44.0 Å². The molecule has 5 nitrogen and oxygen atoms in total. The van der Waals surface area contributed by atoms with Crippen molar-refractivity contribution in [3.63, 3.8) is 0 Å². The first-order chi connectivity index (χ1) is 12.9. The highest BCUT2D eigenvalue weighted by atomic mass is 32.2. The van der Waals surface area contributed by atoms with E-state index in [1.54, 1.807) is 25.6 Å². The number of nitrogens with one attached hydrogen (secondary N) is 1. The van der Waals surface area contributed by atoms with E-state index in [2.05, 4.69) is 5.32 Å². The summed E-state index contributed by atoms with van der Waals surface area (Å²) in [5, 5.41) is 2.64. The topological polar surface area (TPSA) is 66.5 Å². The maximum absolute atomic E-state index is 14.1. The number of nitrogens with zero attached hydrogens (tertiary/aromatic N) is 1. The molecular formula is C19H23FN2O3S2. The number of hydrogen-bond donors (Lipinski definition) is 1. The number of carbonyl (C=O) groups is 1. The van der Waals surface area contributed by atoms with Crippen LogP contribution in [0.2, 0.25) is 0 Å². The fraction of sp³-hybridized carbons (Fsp3) is 0.316. The Labute approximate surface area is 164 Å². The number of sulfonamides is 1. The second kappa shape index (κ2) is 9.87. The monoisotopic (exact) mass is 410 g/mol. The van der Waals surface area contributed by atoms with Gasteiger partial charge in [-0.15, -0.1) is 11.8 Å². The summed E-state index contributed by atoms with van der Waals surface area (Å²) >= 11 is 1.57. The summed E-state index contributed by atoms with van der Waals surface area (Å²) in [6, 6.07) is 13.0. The summed E-state index contributed by atoms with van der Waals surface area (Å²) in [4.78, 5) is 13.3. The lowest BCUT2D eigenvalue weighted by molar-refractivity contribution is 0.0952. The fourth-order valence-electron chi connectivity index (χ4n) is 2.50. The van der Waals surface area contributed by atoms with Crippen LogP contribution in [0.3, 0.4) is 0 Å². The predicted molar refractivity (Wildman–Crippen MR) is 106 cm³/mol. The van der Waals surface area contributed by atoms with Crippen molar-refractivity contribution in [2.75, 3.05) is 25.4 Å². The Morgan fingerprint density at radius 3 is 2.41 bits per heavy atom. The number of carbonyl (C=O) groups excluding carboxylic acids is 1. The Kier molecular flexibility index (Phi) is 7.82. The van der Waals surface area contributed by atoms with Gasteiger partial charge in [0.2, 0.25) is 10.0 Å². The van der Waals surface area contributed by atoms with E-state index < -0.39 is 21.7 Å². The van der Waals surface area contributed by atoms with Gasteiger partial charge in [-0.25, -0.2) is 12.8 Å². The second-order valence-electron chi connectivity index (χ2n) is 5.65. The molecule has 0 aromatic heterocycles. The molecule has 1 N–H and O–H groups in total. The third kappa shape index (κ3) is 5.54. The maximum atomic E-state index is 14.1. The van der Waals surface area contributed by atoms with E-state index in [-0.39, 0.29) is 10.5 Å². The van der Waals surface area contributed by atoms with Gasteiger partial charge in [0.25, 0.3) is 5.91 Å². The van der Waals surface area contributed by atoms with Crippen molar-refractivity contribution in [2.45, 2.75) is 23.6 Å². The standard InChI is InChI=1S/C19H23FN2O3S2/c1-3-22(4-2)27(24,25)16-10-11-18(20)17(14-16)19(23)21-12-13-26-15-8-6-5-7-9-15/h5-11,14H,3-4,12-13H2,1-2H3,(H,21,23). The largest absolute Gasteiger partial charge is 0.351 e. The molecule has 0 aliphatic carbocycles. The van der Waals surface area contributed by atoms with E-state index in [0.717, 1.165) is 17.0 Å². The molecule has 8 heteroatoms. The number of benzene rings is 2. The van der Waals surface area contributed by atoms with Crippen LogP contribution in [0.1, 0.15) is 24.2 Å². The van der Waals surface area contributed by atoms with Crippen LogP contribution in [0.5, 0.6) is 0 Å². The van der Waals surface area contributed by atoms with E-state index in [1.165, 1.54) is 10.4 Å². The normalized spacial score (nSPS) is 11.6. The molecule has 0 aliphatic rings. The SMILES string of the molecule is CCN(CC)S(=O)(=O)c1ccc(F)c(C(=O)NCCSc2ccccc2)c1. The molecule has 0 atom stereocenters. The zero-order valence-corrected chi connectivity index (χ0v) is 16.9. The Bertz CT molecular complexity index is 870. The number of hydrogen-bond acceptors (Lipinski definition) is 4. The average Bonchev–Trinajstić information content (AvgIpc) is 2.67. The van der Waals surface area contributed by atoms with Crippen molar-refractivity contribution in [1.29, 1.82) is 0 Å². The molecular weight excluding hydrogens is 387 g/mol. The molecule has 0 radical (unpaired) electrons. The number of thioether (sulfide) groups is 1. The van der Waals surface area contributed by atoms with Gasteiger partial charge in [0.05, 0.1) is 10.5 Å². The van der Waals surface area contributed by atoms with Crippen LogP contribution in [0.25, 0.3) is 0 Å². The molecule has 2 aromatic carbocycles. The van der Waals surface area contributed by atoms with E-state index in [0.29, 0.717) is 25.4 Å². The van der Waals surface area contributed by atoms with Crippen LogP contribution < -0.4 is 5.32 Å². The summed E-state index contributed by atoms with van der Waals surface area (Å²) in [6.07, 6.45) is 0. The molecule has 0 aliphatic heterocycles. The zero-order chi connectivity index (χ0) is 19.9. The van der Waals surface area contributed by atoms with Gasteiger partial charge in [-0.3, -0.25) is 4.79 Å². The molecule has 0 unspecified atom stereocenters. The van der Waals surface area contributed by atoms with Gasteiger partial charge < -0.3 is 5.32 Å². The predicted octanol–water partition coefficient (Wildman–Crippen LogP) is 3.38. The molecule has 0 saturated carbocycles. The Hall–Kier alpha value is -1.90. The third-order valence-electron chi connectivity index (χ3n) is 3.93. The Morgan fingerprint density at radius 1 is 1.11 bits per heavy atom. The molecule has 2 rings (SSSR count). The molecule has 0 fully saturated rings. The minimum Gasteiger partial charge on any atom is -0.351 e. The quantitative estimate of drug-likeness (QED) is 0.508. The van der Waals surface area contributed by atoms with Crippen LogP contribution in [-0.2, 0) is 10.0 Å². The third-order valence-corrected chi connectivity index (χ3v) is 6.98. The van der Waals surface area contributed by atoms with Crippen LogP contribution in [0, 0.1) is 5.82 Å². The molecule has 0 saturated heterocycles. The highest BCUT2D eigenvalue weighted by Crippen LogP contribution is 2.20. The van der Waals surface area contributed by atoms with E-state index in [4.69, 9.17) is 0 Å². The molecule has 0 spiro atoms. The van der Waals surface area contributed by atoms with Crippen LogP contribution >= 0.6 is 11.8 Å². The molecule has 0 bridgehead atoms. The van der Waals surface area contributed by atoms with E-state index in [1.807, 2.05) is 30.3 Å². The van der Waals surface area contributed by atoms with Gasteiger partial charge >= 0.3 is 0 Å². The number of amides is 1. The smallest absolute Gasteiger partial charge is 0.254 e. The first-order valence-corrected chi connectivity index (χ1v) is 11.1. The van der Waals surface area contributed by atoms with Gasteiger partial charge in [-0.05, 0) is 30.3 Å². The lowest BCUT2D eigenvalue weighted by atomic mass is 10.2. The average molecular weight is 411 g/mol. The maximum Gasteiger partial charge on any atom is 0.254 e. The van der Waals surface area contributed by atoms with Gasteiger partial charge in [-0.2, -0.15) is 4.31 Å². The van der Waals surface area contributed by atoms with E-state index >= 15 is 0 Å². The van der Waals surface area contributed by atoms with Crippen LogP contribution in [0.4, 0.5) is 4.39 Å². The minimum atomic E-state index is -3.75. The first-order valence-electron chi connectivity index (χ1n) is 8.65. The lowest BCUT2D eigenvalue weighted by Crippen LogP contribution is -2.31. The van der Waals surface area contributed by atoms with Crippen molar-refractivity contribution in [3.8, 4) is 0 Å². The fourth-order valence-corrected chi connectivity index (χ4v) is 4.77. The molecule has 27 heavy (non-hydrogen) atoms. The van der Waals surface area contributed by atoms with Gasteiger partial charge in [-0.1, -0.05) is 32.0 Å². The van der Waals surface area contributed by atoms with Crippen molar-refractivity contribution >= 4 is 27.7 Å². The minimum absolute atomic E-state index is 0.0867. The molecule has 1 amide bonds. The van der Waals surface area contributed by atoms with Gasteiger partial charge in [0.1, 0.15) is 5.82 Å². The number of rotatable bonds is 9. The molecule has 2 aromatic rings. The van der Waals surface area contributed by atoms with Crippen molar-refractivity contribution < 1.29 is 17.6 Å². The Morgan fingerprint density at radius 2 is 1.78 bits per heavy atom. The summed E-state index contributed by atoms with van der Waals surface area (Å²) in [5.74, 6) is -0.756. The van der Waals surface area contributed by atoms with Crippen LogP contribution in [0.15, 0.2) is 58.3 Å². The van der Waals surface area contributed by atoms with Gasteiger partial charge in [0, 0.05) is 30.3 Å². The van der Waals surface area contributed by atoms with Gasteiger partial charge in [0.15, 0.2) is 0 Å². The highest BCUT2D eigenvalue weighted by molar-refractivity contribution is 7.99. The summed E-state index contributed by atoms with van der Waals surface area (Å²) in [7, 11) is -3.75. The second-order valence-corrected chi connectivity index (χ2v) is 8.75. The summed E-state index contributed by atoms with van der Waals surface area (Å²) in [5.41, 5.74) is -0.270. The van der Waals surface area contributed by atoms with Crippen molar-refractivity contribution in [2.24, 2.45) is 0 Å². The first kappa shape index (κ1) is 21.4. The molecule has 0 heterocycles. The highest BCUT2D eigenvalue weighted by Gasteiger charge is 2.24. The van der Waals surface area contributed by atoms with Crippen molar-refractivity contribution in [1.82, 2.24) is 9.62 Å². The molecule has 146 valence electrons. The lowest BCUT2D eigenvalue weighted by Gasteiger charge is -2.19. The van der Waals surface area contributed by atoms with Crippen molar-refractivity contribution in [3.05, 3.63) is 59.9 Å².